The van der Waals surface area contributed by atoms with Crippen LogP contribution in [0.2, 0.25) is 0 Å². The van der Waals surface area contributed by atoms with E-state index >= 15 is 0 Å². The van der Waals surface area contributed by atoms with Crippen molar-refractivity contribution < 1.29 is 38.4 Å². The number of carbonyl (C=O) groups excluding carboxylic acids is 2. The van der Waals surface area contributed by atoms with Gasteiger partial charge in [0.05, 0.1) is 12.2 Å². The summed E-state index contributed by atoms with van der Waals surface area (Å²) in [6.07, 6.45) is 15.1. The van der Waals surface area contributed by atoms with Crippen LogP contribution in [0.25, 0.3) is 0 Å². The van der Waals surface area contributed by atoms with Gasteiger partial charge in [-0.3, -0.25) is 14.4 Å². The lowest BCUT2D eigenvalue weighted by atomic mass is 9.87. The number of unbranched alkanes of at least 4 members (excludes halogenated alkanes) is 3. The highest BCUT2D eigenvalue weighted by Crippen LogP contribution is 2.37. The Balaban J connectivity index is 1.68. The van der Waals surface area contributed by atoms with Gasteiger partial charge >= 0.3 is 5.97 Å². The number of rotatable bonds is 17. The standard InChI is InChI=1S/C30H48O8/c1-2-3-4-12-23(37-29-14-7-9-18-35-29)16-17-24-25(20-22(31)11-5-6-13-28(33)34)26(32)21-27(24)38-30-15-8-10-19-36-30/h16-17,23-25,27,29-30H,2-15,18-21H2,1H3,(H,33,34)/t23-,24+,25+,27+,29?,30?/m0/s1. The summed E-state index contributed by atoms with van der Waals surface area (Å²) >= 11 is 0. The van der Waals surface area contributed by atoms with Crippen LogP contribution in [0.5, 0.6) is 0 Å². The Bertz CT molecular complexity index is 753. The molecule has 0 radical (unpaired) electrons. The molecule has 2 aliphatic heterocycles. The zero-order valence-corrected chi connectivity index (χ0v) is 23.2. The van der Waals surface area contributed by atoms with Gasteiger partial charge in [-0.15, -0.1) is 0 Å². The molecule has 3 aliphatic rings. The molecule has 3 rings (SSSR count). The predicted octanol–water partition coefficient (Wildman–Crippen LogP) is 5.76. The zero-order valence-electron chi connectivity index (χ0n) is 23.2. The first-order chi connectivity index (χ1) is 18.5. The molecule has 0 aromatic heterocycles. The molecule has 3 fully saturated rings. The second kappa shape index (κ2) is 17.2. The van der Waals surface area contributed by atoms with Crippen molar-refractivity contribution in [2.45, 2.75) is 134 Å². The van der Waals surface area contributed by atoms with Crippen LogP contribution in [0.3, 0.4) is 0 Å². The fourth-order valence-corrected chi connectivity index (χ4v) is 5.64. The molecule has 2 heterocycles. The number of carbonyl (C=O) groups is 3. The number of Topliss-reactive ketones (excluding diaryl/α,β-unsaturated/α-hetero) is 2. The molecule has 2 saturated heterocycles. The highest BCUT2D eigenvalue weighted by molar-refractivity contribution is 5.90. The second-order valence-corrected chi connectivity index (χ2v) is 11.0. The van der Waals surface area contributed by atoms with E-state index in [2.05, 4.69) is 19.1 Å². The quantitative estimate of drug-likeness (QED) is 0.185. The Morgan fingerprint density at radius 2 is 1.71 bits per heavy atom. The number of hydrogen-bond acceptors (Lipinski definition) is 7. The van der Waals surface area contributed by atoms with Crippen LogP contribution in [0.4, 0.5) is 0 Å². The molecule has 1 aliphatic carbocycles. The van der Waals surface area contributed by atoms with E-state index in [1.165, 1.54) is 0 Å². The summed E-state index contributed by atoms with van der Waals surface area (Å²) in [4.78, 5) is 36.7. The third kappa shape index (κ3) is 10.9. The molecule has 6 atom stereocenters. The lowest BCUT2D eigenvalue weighted by molar-refractivity contribution is -0.192. The van der Waals surface area contributed by atoms with Gasteiger partial charge in [0.25, 0.3) is 0 Å². The van der Waals surface area contributed by atoms with E-state index in [1.54, 1.807) is 0 Å². The van der Waals surface area contributed by atoms with E-state index < -0.39 is 11.9 Å². The molecule has 0 bridgehead atoms. The van der Waals surface area contributed by atoms with E-state index in [4.69, 9.17) is 24.1 Å². The second-order valence-electron chi connectivity index (χ2n) is 11.0. The van der Waals surface area contributed by atoms with Gasteiger partial charge in [0.2, 0.25) is 0 Å². The van der Waals surface area contributed by atoms with Crippen molar-refractivity contribution in [3.8, 4) is 0 Å². The molecular formula is C30H48O8. The van der Waals surface area contributed by atoms with Gasteiger partial charge < -0.3 is 24.1 Å². The van der Waals surface area contributed by atoms with Gasteiger partial charge in [0.1, 0.15) is 11.6 Å². The maximum atomic E-state index is 13.1. The van der Waals surface area contributed by atoms with E-state index in [0.717, 1.165) is 70.8 Å². The summed E-state index contributed by atoms with van der Waals surface area (Å²) in [7, 11) is 0. The average molecular weight is 537 g/mol. The SMILES string of the molecule is CCCCC[C@@H](C=C[C@H]1[C@H](OC2CCCCO2)CC(=O)[C@@H]1CC(=O)CCCCC(=O)O)OC1CCCCO1. The molecule has 2 unspecified atom stereocenters. The number of ketones is 2. The Kier molecular flexibility index (Phi) is 14.0. The van der Waals surface area contributed by atoms with Crippen LogP contribution in [-0.4, -0.2) is 60.6 Å². The predicted molar refractivity (Wildman–Crippen MR) is 143 cm³/mol. The van der Waals surface area contributed by atoms with Crippen molar-refractivity contribution in [2.24, 2.45) is 11.8 Å². The van der Waals surface area contributed by atoms with Crippen molar-refractivity contribution in [3.63, 3.8) is 0 Å². The molecule has 0 amide bonds. The van der Waals surface area contributed by atoms with Gasteiger partial charge in [0.15, 0.2) is 12.6 Å². The molecule has 216 valence electrons. The van der Waals surface area contributed by atoms with Gasteiger partial charge in [-0.1, -0.05) is 38.3 Å². The fourth-order valence-electron chi connectivity index (χ4n) is 5.64. The summed E-state index contributed by atoms with van der Waals surface area (Å²) < 4.78 is 24.3. The maximum absolute atomic E-state index is 13.1. The fraction of sp³-hybridized carbons (Fsp3) is 0.833. The van der Waals surface area contributed by atoms with Gasteiger partial charge in [-0.25, -0.2) is 0 Å². The zero-order chi connectivity index (χ0) is 27.2. The van der Waals surface area contributed by atoms with Crippen molar-refractivity contribution in [2.75, 3.05) is 13.2 Å². The summed E-state index contributed by atoms with van der Waals surface area (Å²) in [5.74, 6) is -1.45. The van der Waals surface area contributed by atoms with Crippen LogP contribution in [0.15, 0.2) is 12.2 Å². The molecule has 8 nitrogen and oxygen atoms in total. The largest absolute Gasteiger partial charge is 0.481 e. The van der Waals surface area contributed by atoms with Crippen LogP contribution in [0, 0.1) is 11.8 Å². The van der Waals surface area contributed by atoms with Crippen LogP contribution in [-0.2, 0) is 33.3 Å². The minimum Gasteiger partial charge on any atom is -0.481 e. The first-order valence-corrected chi connectivity index (χ1v) is 14.9. The first-order valence-electron chi connectivity index (χ1n) is 14.9. The van der Waals surface area contributed by atoms with Crippen LogP contribution < -0.4 is 0 Å². The topological polar surface area (TPSA) is 108 Å². The van der Waals surface area contributed by atoms with Crippen LogP contribution >= 0.6 is 0 Å². The monoisotopic (exact) mass is 536 g/mol. The number of carboxylic acids is 1. The Hall–Kier alpha value is -1.61. The van der Waals surface area contributed by atoms with Gasteiger partial charge in [-0.05, 0) is 57.8 Å². The summed E-state index contributed by atoms with van der Waals surface area (Å²) in [6, 6.07) is 0. The molecule has 1 N–H and O–H groups in total. The Morgan fingerprint density at radius 1 is 1.00 bits per heavy atom. The average Bonchev–Trinajstić information content (AvgIpc) is 3.19. The normalized spacial score (nSPS) is 29.1. The van der Waals surface area contributed by atoms with E-state index in [1.807, 2.05) is 0 Å². The molecule has 0 spiro atoms. The van der Waals surface area contributed by atoms with Crippen LogP contribution in [0.1, 0.15) is 110 Å². The number of aliphatic carboxylic acids is 1. The van der Waals surface area contributed by atoms with Crippen molar-refractivity contribution in [1.82, 2.24) is 0 Å². The minimum atomic E-state index is -0.854. The molecular weight excluding hydrogens is 488 g/mol. The van der Waals surface area contributed by atoms with E-state index in [-0.39, 0.29) is 61.5 Å². The number of carboxylic acid groups (broad SMARTS) is 1. The summed E-state index contributed by atoms with van der Waals surface area (Å²) in [6.45, 7) is 3.57. The number of ether oxygens (including phenoxy) is 4. The molecule has 0 aromatic carbocycles. The van der Waals surface area contributed by atoms with E-state index in [0.29, 0.717) is 25.9 Å². The molecule has 1 saturated carbocycles. The molecule has 8 heteroatoms. The highest BCUT2D eigenvalue weighted by Gasteiger charge is 2.43. The minimum absolute atomic E-state index is 0.00746. The third-order valence-electron chi connectivity index (χ3n) is 7.82. The highest BCUT2D eigenvalue weighted by atomic mass is 16.7. The van der Waals surface area contributed by atoms with Crippen molar-refractivity contribution >= 4 is 17.5 Å². The third-order valence-corrected chi connectivity index (χ3v) is 7.82. The summed E-state index contributed by atoms with van der Waals surface area (Å²) in [5.41, 5.74) is 0. The number of hydrogen-bond donors (Lipinski definition) is 1. The van der Waals surface area contributed by atoms with Crippen molar-refractivity contribution in [1.29, 1.82) is 0 Å². The lowest BCUT2D eigenvalue weighted by Crippen LogP contribution is -2.31. The van der Waals surface area contributed by atoms with Gasteiger partial charge in [-0.2, -0.15) is 0 Å². The Labute approximate surface area is 227 Å². The van der Waals surface area contributed by atoms with Crippen molar-refractivity contribution in [3.05, 3.63) is 12.2 Å². The lowest BCUT2D eigenvalue weighted by Gasteiger charge is -2.29. The first kappa shape index (κ1) is 30.9. The maximum Gasteiger partial charge on any atom is 0.303 e. The molecule has 38 heavy (non-hydrogen) atoms. The summed E-state index contributed by atoms with van der Waals surface area (Å²) in [5, 5.41) is 8.84. The van der Waals surface area contributed by atoms with E-state index in [9.17, 15) is 14.4 Å². The van der Waals surface area contributed by atoms with Gasteiger partial charge in [0, 0.05) is 50.7 Å². The smallest absolute Gasteiger partial charge is 0.303 e. The molecule has 0 aromatic rings. The Morgan fingerprint density at radius 3 is 2.37 bits per heavy atom.